The highest BCUT2D eigenvalue weighted by molar-refractivity contribution is 5.29. The molecule has 1 aliphatic rings. The van der Waals surface area contributed by atoms with E-state index >= 15 is 0 Å². The molecule has 1 fully saturated rings. The van der Waals surface area contributed by atoms with Gasteiger partial charge in [-0.05, 0) is 49.8 Å². The van der Waals surface area contributed by atoms with E-state index in [9.17, 15) is 14.0 Å². The van der Waals surface area contributed by atoms with Crippen LogP contribution in [-0.4, -0.2) is 37.3 Å². The van der Waals surface area contributed by atoms with Crippen LogP contribution in [0.3, 0.4) is 0 Å². The number of benzene rings is 1. The number of aromatic amines is 1. The number of rotatable bonds is 10. The molecule has 0 spiro atoms. The number of aromatic nitrogens is 5. The molecule has 1 aliphatic carbocycles. The fourth-order valence-corrected chi connectivity index (χ4v) is 3.79. The first-order valence-electron chi connectivity index (χ1n) is 10.8. The summed E-state index contributed by atoms with van der Waals surface area (Å²) in [6.45, 7) is 0.778. The van der Waals surface area contributed by atoms with Crippen molar-refractivity contribution >= 4 is 0 Å². The van der Waals surface area contributed by atoms with E-state index in [1.807, 2.05) is 21.8 Å². The van der Waals surface area contributed by atoms with E-state index in [-0.39, 0.29) is 13.3 Å². The molecule has 0 saturated heterocycles. The molecule has 0 radical (unpaired) electrons. The molecule has 9 nitrogen and oxygen atoms in total. The maximum absolute atomic E-state index is 13.3. The summed E-state index contributed by atoms with van der Waals surface area (Å²) in [6, 6.07) is 8.16. The summed E-state index contributed by atoms with van der Waals surface area (Å²) in [7, 11) is 0. The molecule has 0 aliphatic heterocycles. The van der Waals surface area contributed by atoms with Crippen molar-refractivity contribution < 1.29 is 13.9 Å². The summed E-state index contributed by atoms with van der Waals surface area (Å²) < 4.78 is 27.6. The predicted octanol–water partition coefficient (Wildman–Crippen LogP) is 2.05. The topological polar surface area (TPSA) is 104 Å². The average Bonchev–Trinajstić information content (AvgIpc) is 3.45. The van der Waals surface area contributed by atoms with Crippen LogP contribution in [0.1, 0.15) is 36.9 Å². The number of nitrogens with zero attached hydrogens (tertiary/aromatic N) is 4. The molecule has 2 aromatic heterocycles. The zero-order chi connectivity index (χ0) is 22.3. The van der Waals surface area contributed by atoms with Gasteiger partial charge in [0, 0.05) is 13.0 Å². The Morgan fingerprint density at radius 1 is 1.19 bits per heavy atom. The van der Waals surface area contributed by atoms with E-state index in [0.717, 1.165) is 47.0 Å². The molecule has 0 amide bonds. The second-order valence-electron chi connectivity index (χ2n) is 7.86. The molecule has 1 N–H and O–H groups in total. The van der Waals surface area contributed by atoms with Crippen LogP contribution in [0.4, 0.5) is 4.39 Å². The van der Waals surface area contributed by atoms with Crippen LogP contribution in [0.15, 0.2) is 46.2 Å². The normalized spacial score (nSPS) is 14.2. The molecule has 10 heteroatoms. The average molecular weight is 443 g/mol. The molecule has 1 aromatic carbocycles. The smallest absolute Gasteiger partial charge is 0.330 e. The lowest BCUT2D eigenvalue weighted by molar-refractivity contribution is 0.0742. The van der Waals surface area contributed by atoms with Gasteiger partial charge in [-0.3, -0.25) is 14.3 Å². The number of halogens is 1. The van der Waals surface area contributed by atoms with Gasteiger partial charge in [-0.2, -0.15) is 4.39 Å². The van der Waals surface area contributed by atoms with E-state index < -0.39 is 17.1 Å². The van der Waals surface area contributed by atoms with Crippen LogP contribution in [0.5, 0.6) is 5.75 Å². The Kier molecular flexibility index (Phi) is 7.10. The second kappa shape index (κ2) is 10.4. The zero-order valence-corrected chi connectivity index (χ0v) is 17.7. The summed E-state index contributed by atoms with van der Waals surface area (Å²) in [5.74, 6) is -0.122. The molecule has 0 bridgehead atoms. The Hall–Kier alpha value is -3.27. The second-order valence-corrected chi connectivity index (χ2v) is 7.86. The summed E-state index contributed by atoms with van der Waals surface area (Å²) in [5, 5.41) is 8.13. The number of H-pyrrole nitrogens is 1. The van der Waals surface area contributed by atoms with Crippen molar-refractivity contribution in [2.45, 2.75) is 57.9 Å². The minimum atomic E-state index is -1.04. The van der Waals surface area contributed by atoms with E-state index in [2.05, 4.69) is 22.4 Å². The number of nitrogens with one attached hydrogen (secondary N) is 1. The van der Waals surface area contributed by atoms with Crippen molar-refractivity contribution in [3.05, 3.63) is 74.6 Å². The van der Waals surface area contributed by atoms with Crippen LogP contribution in [0, 0.1) is 5.82 Å². The Balaban J connectivity index is 1.26. The molecule has 2 heterocycles. The van der Waals surface area contributed by atoms with Crippen molar-refractivity contribution in [2.24, 2.45) is 0 Å². The molecule has 32 heavy (non-hydrogen) atoms. The van der Waals surface area contributed by atoms with Crippen LogP contribution in [0.25, 0.3) is 0 Å². The lowest BCUT2D eigenvalue weighted by Crippen LogP contribution is -2.32. The van der Waals surface area contributed by atoms with Crippen LogP contribution < -0.4 is 16.0 Å². The van der Waals surface area contributed by atoms with Crippen molar-refractivity contribution in [2.75, 3.05) is 6.61 Å². The first kappa shape index (κ1) is 21.9. The number of aryl methyl sites for hydroxylation is 2. The fraction of sp³-hybridized carbons (Fsp3) is 0.455. The molecule has 1 saturated carbocycles. The van der Waals surface area contributed by atoms with Crippen LogP contribution in [-0.2, 0) is 30.9 Å². The molecular formula is C22H26FN5O4. The van der Waals surface area contributed by atoms with Crippen molar-refractivity contribution in [1.82, 2.24) is 24.5 Å². The first-order valence-corrected chi connectivity index (χ1v) is 10.8. The quantitative estimate of drug-likeness (QED) is 0.481. The third-order valence-corrected chi connectivity index (χ3v) is 5.51. The Labute approximate surface area is 183 Å². The van der Waals surface area contributed by atoms with Crippen LogP contribution in [0.2, 0.25) is 0 Å². The van der Waals surface area contributed by atoms with Gasteiger partial charge in [0.2, 0.25) is 5.82 Å². The van der Waals surface area contributed by atoms with Crippen molar-refractivity contribution in [3.8, 4) is 5.75 Å². The van der Waals surface area contributed by atoms with Gasteiger partial charge >= 0.3 is 5.69 Å². The third-order valence-electron chi connectivity index (χ3n) is 5.51. The monoisotopic (exact) mass is 443 g/mol. The molecule has 0 atom stereocenters. The molecule has 0 unspecified atom stereocenters. The highest BCUT2D eigenvalue weighted by Crippen LogP contribution is 2.24. The Morgan fingerprint density at radius 2 is 2.03 bits per heavy atom. The third kappa shape index (κ3) is 5.70. The molecule has 4 rings (SSSR count). The minimum absolute atomic E-state index is 0.165. The number of hydrogen-bond acceptors (Lipinski definition) is 6. The largest absolute Gasteiger partial charge is 0.490 e. The maximum Gasteiger partial charge on any atom is 0.330 e. The highest BCUT2D eigenvalue weighted by Gasteiger charge is 2.16. The SMILES string of the molecule is O=c1[nH]c(=O)n(COCCc2cnnn2CCc2cccc(OC3CCCC3)c2)cc1F. The molecule has 3 aromatic rings. The Morgan fingerprint density at radius 3 is 2.88 bits per heavy atom. The zero-order valence-electron chi connectivity index (χ0n) is 17.7. The van der Waals surface area contributed by atoms with Gasteiger partial charge in [-0.1, -0.05) is 17.3 Å². The van der Waals surface area contributed by atoms with Gasteiger partial charge in [0.15, 0.2) is 0 Å². The van der Waals surface area contributed by atoms with Gasteiger partial charge < -0.3 is 9.47 Å². The van der Waals surface area contributed by atoms with E-state index in [0.29, 0.717) is 19.1 Å². The summed E-state index contributed by atoms with van der Waals surface area (Å²) >= 11 is 0. The predicted molar refractivity (Wildman–Crippen MR) is 114 cm³/mol. The highest BCUT2D eigenvalue weighted by atomic mass is 19.1. The molecular weight excluding hydrogens is 417 g/mol. The van der Waals surface area contributed by atoms with Gasteiger partial charge in [-0.15, -0.1) is 5.10 Å². The van der Waals surface area contributed by atoms with E-state index in [1.54, 1.807) is 6.20 Å². The minimum Gasteiger partial charge on any atom is -0.490 e. The number of ether oxygens (including phenoxy) is 2. The lowest BCUT2D eigenvalue weighted by Gasteiger charge is -2.14. The van der Waals surface area contributed by atoms with Gasteiger partial charge in [0.25, 0.3) is 5.56 Å². The van der Waals surface area contributed by atoms with Crippen molar-refractivity contribution in [3.63, 3.8) is 0 Å². The first-order chi connectivity index (χ1) is 15.6. The van der Waals surface area contributed by atoms with Gasteiger partial charge in [0.1, 0.15) is 12.5 Å². The Bertz CT molecular complexity index is 1150. The lowest BCUT2D eigenvalue weighted by atomic mass is 10.1. The summed E-state index contributed by atoms with van der Waals surface area (Å²) in [6.07, 6.45) is 8.87. The van der Waals surface area contributed by atoms with Crippen molar-refractivity contribution in [1.29, 1.82) is 0 Å². The van der Waals surface area contributed by atoms with E-state index in [4.69, 9.17) is 9.47 Å². The van der Waals surface area contributed by atoms with E-state index in [1.165, 1.54) is 12.8 Å². The fourth-order valence-electron chi connectivity index (χ4n) is 3.79. The summed E-state index contributed by atoms with van der Waals surface area (Å²) in [4.78, 5) is 24.6. The van der Waals surface area contributed by atoms with Gasteiger partial charge in [0.05, 0.1) is 30.8 Å². The summed E-state index contributed by atoms with van der Waals surface area (Å²) in [5.41, 5.74) is 0.292. The maximum atomic E-state index is 13.3. The van der Waals surface area contributed by atoms with Gasteiger partial charge in [-0.25, -0.2) is 9.48 Å². The van der Waals surface area contributed by atoms with Crippen LogP contribution >= 0.6 is 0 Å². The standard InChI is InChI=1S/C22H26FN5O4/c23-20-14-27(22(30)25-21(20)29)15-31-11-9-17-13-24-26-28(17)10-8-16-4-3-7-19(12-16)32-18-5-1-2-6-18/h3-4,7,12-14,18H,1-2,5-6,8-11,15H2,(H,25,29,30). The molecule has 170 valence electrons. The number of hydrogen-bond donors (Lipinski definition) is 1.